The van der Waals surface area contributed by atoms with E-state index in [4.69, 9.17) is 33.3 Å². The third-order valence-electron chi connectivity index (χ3n) is 4.16. The molecule has 1 N–H and O–H groups in total. The molecule has 0 heterocycles. The summed E-state index contributed by atoms with van der Waals surface area (Å²) >= 11 is 11.7. The highest BCUT2D eigenvalue weighted by Gasteiger charge is 2.16. The van der Waals surface area contributed by atoms with E-state index in [1.807, 2.05) is 42.5 Å². The van der Waals surface area contributed by atoms with Gasteiger partial charge in [0.1, 0.15) is 17.4 Å². The van der Waals surface area contributed by atoms with E-state index < -0.39 is 5.82 Å². The Morgan fingerprint density at radius 3 is 2.50 bits per heavy atom. The first kappa shape index (κ1) is 20.1. The average Bonchev–Trinajstić information content (AvgIpc) is 2.72. The van der Waals surface area contributed by atoms with Crippen molar-refractivity contribution >= 4 is 28.8 Å². The second-order valence-electron chi connectivity index (χ2n) is 5.99. The summed E-state index contributed by atoms with van der Waals surface area (Å²) < 4.78 is 25.4. The standard InChI is InChI=1S/C22H19ClFNO2S/c1-26-20-12-5-9-16(22(28)25-13-15-7-3-2-4-8-15)21(20)27-14-17-18(23)10-6-11-19(17)24/h2-12H,13-14H2,1H3,(H,25,28). The minimum absolute atomic E-state index is 0.0415. The second-order valence-corrected chi connectivity index (χ2v) is 6.81. The summed E-state index contributed by atoms with van der Waals surface area (Å²) in [4.78, 5) is 0.511. The summed E-state index contributed by atoms with van der Waals surface area (Å²) in [6.45, 7) is 0.537. The van der Waals surface area contributed by atoms with Gasteiger partial charge in [-0.05, 0) is 29.8 Å². The van der Waals surface area contributed by atoms with Crippen LogP contribution in [0.3, 0.4) is 0 Å². The zero-order valence-corrected chi connectivity index (χ0v) is 16.8. The normalized spacial score (nSPS) is 10.4. The van der Waals surface area contributed by atoms with Crippen LogP contribution >= 0.6 is 23.8 Å². The van der Waals surface area contributed by atoms with Crippen molar-refractivity contribution in [2.24, 2.45) is 0 Å². The van der Waals surface area contributed by atoms with E-state index in [1.165, 1.54) is 6.07 Å². The number of benzene rings is 3. The van der Waals surface area contributed by atoms with Gasteiger partial charge in [-0.1, -0.05) is 66.3 Å². The number of rotatable bonds is 7. The van der Waals surface area contributed by atoms with Crippen molar-refractivity contribution in [2.45, 2.75) is 13.2 Å². The molecule has 0 atom stereocenters. The fourth-order valence-corrected chi connectivity index (χ4v) is 3.14. The van der Waals surface area contributed by atoms with Crippen LogP contribution in [0.2, 0.25) is 5.02 Å². The largest absolute Gasteiger partial charge is 0.493 e. The molecule has 3 aromatic carbocycles. The van der Waals surface area contributed by atoms with Crippen molar-refractivity contribution < 1.29 is 13.9 Å². The molecular weight excluding hydrogens is 397 g/mol. The summed E-state index contributed by atoms with van der Waals surface area (Å²) in [5.41, 5.74) is 2.05. The van der Waals surface area contributed by atoms with Gasteiger partial charge in [0.25, 0.3) is 0 Å². The zero-order valence-electron chi connectivity index (χ0n) is 15.2. The molecule has 0 radical (unpaired) electrons. The van der Waals surface area contributed by atoms with Crippen molar-refractivity contribution in [1.29, 1.82) is 0 Å². The molecule has 0 amide bonds. The molecule has 28 heavy (non-hydrogen) atoms. The van der Waals surface area contributed by atoms with E-state index in [0.29, 0.717) is 33.6 Å². The smallest absolute Gasteiger partial charge is 0.171 e. The molecule has 3 rings (SSSR count). The van der Waals surface area contributed by atoms with E-state index in [1.54, 1.807) is 25.3 Å². The number of ether oxygens (including phenoxy) is 2. The quantitative estimate of drug-likeness (QED) is 0.514. The molecule has 0 aromatic heterocycles. The fourth-order valence-electron chi connectivity index (χ4n) is 2.69. The highest BCUT2D eigenvalue weighted by molar-refractivity contribution is 7.80. The molecule has 3 aromatic rings. The van der Waals surface area contributed by atoms with Gasteiger partial charge in [0.2, 0.25) is 0 Å². The van der Waals surface area contributed by atoms with Gasteiger partial charge in [0.05, 0.1) is 17.7 Å². The molecule has 0 saturated carbocycles. The van der Waals surface area contributed by atoms with Crippen molar-refractivity contribution in [2.75, 3.05) is 7.11 Å². The molecule has 0 unspecified atom stereocenters. The van der Waals surface area contributed by atoms with Crippen LogP contribution < -0.4 is 14.8 Å². The van der Waals surface area contributed by atoms with Crippen molar-refractivity contribution in [3.63, 3.8) is 0 Å². The summed E-state index contributed by atoms with van der Waals surface area (Å²) in [5, 5.41) is 3.53. The van der Waals surface area contributed by atoms with Gasteiger partial charge < -0.3 is 14.8 Å². The second kappa shape index (κ2) is 9.53. The average molecular weight is 416 g/mol. The molecule has 6 heteroatoms. The minimum Gasteiger partial charge on any atom is -0.493 e. The molecule has 144 valence electrons. The van der Waals surface area contributed by atoms with E-state index in [9.17, 15) is 4.39 Å². The van der Waals surface area contributed by atoms with Crippen LogP contribution in [-0.2, 0) is 13.2 Å². The van der Waals surface area contributed by atoms with Gasteiger partial charge in [0.15, 0.2) is 11.5 Å². The Morgan fingerprint density at radius 1 is 1.04 bits per heavy atom. The highest BCUT2D eigenvalue weighted by atomic mass is 35.5. The van der Waals surface area contributed by atoms with E-state index >= 15 is 0 Å². The Bertz CT molecular complexity index is 946. The molecule has 0 aliphatic rings. The molecule has 0 aliphatic heterocycles. The van der Waals surface area contributed by atoms with Gasteiger partial charge in [-0.25, -0.2) is 4.39 Å². The number of hydrogen-bond acceptors (Lipinski definition) is 3. The Hall–Kier alpha value is -2.63. The lowest BCUT2D eigenvalue weighted by Gasteiger charge is -2.17. The van der Waals surface area contributed by atoms with Gasteiger partial charge in [0, 0.05) is 12.1 Å². The monoisotopic (exact) mass is 415 g/mol. The lowest BCUT2D eigenvalue weighted by molar-refractivity contribution is 0.279. The predicted molar refractivity (Wildman–Crippen MR) is 114 cm³/mol. The molecule has 0 fully saturated rings. The topological polar surface area (TPSA) is 30.5 Å². The number of hydrogen-bond donors (Lipinski definition) is 1. The molecule has 0 aliphatic carbocycles. The van der Waals surface area contributed by atoms with Crippen LogP contribution in [0.25, 0.3) is 0 Å². The lowest BCUT2D eigenvalue weighted by atomic mass is 10.1. The Balaban J connectivity index is 1.81. The number of para-hydroxylation sites is 1. The zero-order chi connectivity index (χ0) is 19.9. The highest BCUT2D eigenvalue weighted by Crippen LogP contribution is 2.33. The van der Waals surface area contributed by atoms with Crippen molar-refractivity contribution in [3.05, 3.63) is 94.3 Å². The first-order valence-electron chi connectivity index (χ1n) is 8.65. The summed E-state index contributed by atoms with van der Waals surface area (Å²) in [6.07, 6.45) is 0. The molecule has 3 nitrogen and oxygen atoms in total. The van der Waals surface area contributed by atoms with E-state index in [0.717, 1.165) is 5.56 Å². The SMILES string of the molecule is COc1cccc(C(=S)NCc2ccccc2)c1OCc1c(F)cccc1Cl. The summed E-state index contributed by atoms with van der Waals surface area (Å²) in [6, 6.07) is 19.9. The molecular formula is C22H19ClFNO2S. The molecule has 0 saturated heterocycles. The summed E-state index contributed by atoms with van der Waals surface area (Å²) in [7, 11) is 1.54. The third-order valence-corrected chi connectivity index (χ3v) is 4.88. The van der Waals surface area contributed by atoms with Crippen LogP contribution in [0.4, 0.5) is 4.39 Å². The van der Waals surface area contributed by atoms with E-state index in [-0.39, 0.29) is 12.2 Å². The molecule has 0 bridgehead atoms. The van der Waals surface area contributed by atoms with Gasteiger partial charge in [-0.15, -0.1) is 0 Å². The predicted octanol–water partition coefficient (Wildman–Crippen LogP) is 5.53. The first-order valence-corrected chi connectivity index (χ1v) is 9.43. The summed E-state index contributed by atoms with van der Waals surface area (Å²) in [5.74, 6) is 0.525. The Kier molecular flexibility index (Phi) is 6.85. The number of methoxy groups -OCH3 is 1. The van der Waals surface area contributed by atoms with Crippen molar-refractivity contribution in [1.82, 2.24) is 5.32 Å². The Morgan fingerprint density at radius 2 is 1.79 bits per heavy atom. The van der Waals surface area contributed by atoms with Gasteiger partial charge in [-0.2, -0.15) is 0 Å². The Labute approximate surface area is 174 Å². The number of thiocarbonyl (C=S) groups is 1. The van der Waals surface area contributed by atoms with Gasteiger partial charge >= 0.3 is 0 Å². The third kappa shape index (κ3) is 4.80. The fraction of sp³-hybridized carbons (Fsp3) is 0.136. The maximum Gasteiger partial charge on any atom is 0.171 e. The van der Waals surface area contributed by atoms with Crippen LogP contribution in [0.15, 0.2) is 66.7 Å². The molecule has 0 spiro atoms. The minimum atomic E-state index is -0.422. The van der Waals surface area contributed by atoms with Crippen LogP contribution in [0.1, 0.15) is 16.7 Å². The van der Waals surface area contributed by atoms with Crippen LogP contribution in [0, 0.1) is 5.82 Å². The maximum atomic E-state index is 14.1. The number of halogens is 2. The first-order chi connectivity index (χ1) is 13.6. The number of nitrogens with one attached hydrogen (secondary N) is 1. The van der Waals surface area contributed by atoms with Crippen LogP contribution in [0.5, 0.6) is 11.5 Å². The van der Waals surface area contributed by atoms with Crippen LogP contribution in [-0.4, -0.2) is 12.1 Å². The lowest BCUT2D eigenvalue weighted by Crippen LogP contribution is -2.22. The van der Waals surface area contributed by atoms with Crippen molar-refractivity contribution in [3.8, 4) is 11.5 Å². The van der Waals surface area contributed by atoms with E-state index in [2.05, 4.69) is 5.32 Å². The van der Waals surface area contributed by atoms with Gasteiger partial charge in [-0.3, -0.25) is 0 Å². The maximum absolute atomic E-state index is 14.1.